The summed E-state index contributed by atoms with van der Waals surface area (Å²) in [6.45, 7) is 5.09. The monoisotopic (exact) mass is 406 g/mol. The van der Waals surface area contributed by atoms with Crippen molar-refractivity contribution in [1.82, 2.24) is 4.57 Å². The average Bonchev–Trinajstić information content (AvgIpc) is 3.02. The molecule has 1 amide bonds. The van der Waals surface area contributed by atoms with Gasteiger partial charge in [-0.3, -0.25) is 4.79 Å². The SMILES string of the molecule is CSCCn1c(=NC(=O)c2ccc3ccccc3c2)sc2cc(C)c(C)cc21. The van der Waals surface area contributed by atoms with E-state index in [4.69, 9.17) is 0 Å². The predicted molar refractivity (Wildman–Crippen MR) is 122 cm³/mol. The van der Waals surface area contributed by atoms with Gasteiger partial charge in [-0.25, -0.2) is 0 Å². The van der Waals surface area contributed by atoms with Crippen LogP contribution >= 0.6 is 23.1 Å². The smallest absolute Gasteiger partial charge is 0.279 e. The van der Waals surface area contributed by atoms with Crippen molar-refractivity contribution in [3.05, 3.63) is 76.1 Å². The summed E-state index contributed by atoms with van der Waals surface area (Å²) in [5.41, 5.74) is 4.31. The third-order valence-corrected chi connectivity index (χ3v) is 6.64. The summed E-state index contributed by atoms with van der Waals surface area (Å²) in [4.78, 5) is 18.2. The molecule has 0 unspecified atom stereocenters. The molecule has 1 heterocycles. The molecule has 0 saturated carbocycles. The second kappa shape index (κ2) is 7.94. The molecule has 0 fully saturated rings. The zero-order valence-corrected chi connectivity index (χ0v) is 17.9. The first kappa shape index (κ1) is 19.0. The van der Waals surface area contributed by atoms with E-state index in [1.165, 1.54) is 15.8 Å². The van der Waals surface area contributed by atoms with Crippen molar-refractivity contribution in [3.63, 3.8) is 0 Å². The van der Waals surface area contributed by atoms with E-state index < -0.39 is 0 Å². The van der Waals surface area contributed by atoms with Gasteiger partial charge in [0.25, 0.3) is 5.91 Å². The summed E-state index contributed by atoms with van der Waals surface area (Å²) < 4.78 is 3.36. The van der Waals surface area contributed by atoms with Crippen molar-refractivity contribution in [3.8, 4) is 0 Å². The largest absolute Gasteiger partial charge is 0.315 e. The van der Waals surface area contributed by atoms with Gasteiger partial charge in [0.1, 0.15) is 0 Å². The molecule has 0 saturated heterocycles. The number of nitrogens with zero attached hydrogens (tertiary/aromatic N) is 2. The Morgan fingerprint density at radius 2 is 1.79 bits per heavy atom. The minimum Gasteiger partial charge on any atom is -0.315 e. The number of thiazole rings is 1. The quantitative estimate of drug-likeness (QED) is 0.443. The van der Waals surface area contributed by atoms with Crippen LogP contribution in [0.2, 0.25) is 0 Å². The maximum Gasteiger partial charge on any atom is 0.279 e. The molecule has 5 heteroatoms. The van der Waals surface area contributed by atoms with Crippen LogP contribution in [0, 0.1) is 13.8 Å². The first-order valence-corrected chi connectivity index (χ1v) is 11.5. The summed E-state index contributed by atoms with van der Waals surface area (Å²) in [7, 11) is 0. The van der Waals surface area contributed by atoms with Crippen molar-refractivity contribution in [1.29, 1.82) is 0 Å². The average molecular weight is 407 g/mol. The van der Waals surface area contributed by atoms with Gasteiger partial charge in [0, 0.05) is 17.9 Å². The molecule has 28 heavy (non-hydrogen) atoms. The lowest BCUT2D eigenvalue weighted by Crippen LogP contribution is -2.18. The van der Waals surface area contributed by atoms with Crippen molar-refractivity contribution in [2.45, 2.75) is 20.4 Å². The number of hydrogen-bond donors (Lipinski definition) is 0. The molecule has 4 aromatic rings. The van der Waals surface area contributed by atoms with Gasteiger partial charge in [-0.1, -0.05) is 41.7 Å². The highest BCUT2D eigenvalue weighted by Crippen LogP contribution is 2.23. The highest BCUT2D eigenvalue weighted by atomic mass is 32.2. The first-order valence-electron chi connectivity index (χ1n) is 9.24. The number of hydrogen-bond acceptors (Lipinski definition) is 3. The molecule has 0 atom stereocenters. The van der Waals surface area contributed by atoms with Crippen LogP contribution in [0.4, 0.5) is 0 Å². The third-order valence-electron chi connectivity index (χ3n) is 5.01. The highest BCUT2D eigenvalue weighted by molar-refractivity contribution is 7.98. The molecule has 4 rings (SSSR count). The van der Waals surface area contributed by atoms with E-state index in [1.54, 1.807) is 23.1 Å². The zero-order valence-electron chi connectivity index (χ0n) is 16.2. The Bertz CT molecular complexity index is 1250. The van der Waals surface area contributed by atoms with Crippen LogP contribution < -0.4 is 4.80 Å². The number of rotatable bonds is 4. The second-order valence-electron chi connectivity index (χ2n) is 6.91. The maximum absolute atomic E-state index is 12.9. The minimum absolute atomic E-state index is 0.191. The highest BCUT2D eigenvalue weighted by Gasteiger charge is 2.11. The van der Waals surface area contributed by atoms with E-state index >= 15 is 0 Å². The molecule has 0 N–H and O–H groups in total. The normalized spacial score (nSPS) is 12.2. The molecule has 3 nitrogen and oxygen atoms in total. The Labute approximate surface area is 172 Å². The van der Waals surface area contributed by atoms with Crippen LogP contribution in [0.25, 0.3) is 21.0 Å². The molecule has 3 aromatic carbocycles. The number of aryl methyl sites for hydroxylation is 3. The van der Waals surface area contributed by atoms with Gasteiger partial charge >= 0.3 is 0 Å². The molecular formula is C23H22N2OS2. The van der Waals surface area contributed by atoms with Crippen LogP contribution in [0.3, 0.4) is 0 Å². The number of aromatic nitrogens is 1. The molecule has 0 aliphatic rings. The van der Waals surface area contributed by atoms with Crippen LogP contribution in [-0.2, 0) is 6.54 Å². The molecule has 0 aliphatic heterocycles. The molecule has 1 aromatic heterocycles. The minimum atomic E-state index is -0.191. The lowest BCUT2D eigenvalue weighted by atomic mass is 10.1. The van der Waals surface area contributed by atoms with E-state index in [0.717, 1.165) is 33.4 Å². The Hall–Kier alpha value is -2.37. The van der Waals surface area contributed by atoms with Gasteiger partial charge in [-0.15, -0.1) is 0 Å². The number of amides is 1. The Balaban J connectivity index is 1.83. The third kappa shape index (κ3) is 3.64. The summed E-state index contributed by atoms with van der Waals surface area (Å²) in [5, 5.41) is 2.18. The Morgan fingerprint density at radius 3 is 2.57 bits per heavy atom. The van der Waals surface area contributed by atoms with Gasteiger partial charge in [0.05, 0.1) is 10.2 Å². The van der Waals surface area contributed by atoms with Crippen molar-refractivity contribution in [2.24, 2.45) is 4.99 Å². The second-order valence-corrected chi connectivity index (χ2v) is 8.91. The van der Waals surface area contributed by atoms with E-state index in [1.807, 2.05) is 42.5 Å². The van der Waals surface area contributed by atoms with Crippen molar-refractivity contribution >= 4 is 50.0 Å². The number of benzene rings is 3. The fourth-order valence-corrected chi connectivity index (χ4v) is 4.78. The van der Waals surface area contributed by atoms with Crippen LogP contribution in [0.1, 0.15) is 21.5 Å². The first-order chi connectivity index (χ1) is 13.6. The summed E-state index contributed by atoms with van der Waals surface area (Å²) in [6.07, 6.45) is 2.10. The van der Waals surface area contributed by atoms with E-state index in [-0.39, 0.29) is 5.91 Å². The van der Waals surface area contributed by atoms with E-state index in [9.17, 15) is 4.79 Å². The zero-order chi connectivity index (χ0) is 19.7. The molecule has 142 valence electrons. The summed E-state index contributed by atoms with van der Waals surface area (Å²) in [6, 6.07) is 18.2. The van der Waals surface area contributed by atoms with Gasteiger partial charge in [0.15, 0.2) is 4.80 Å². The van der Waals surface area contributed by atoms with Gasteiger partial charge in [-0.05, 0) is 66.3 Å². The predicted octanol–water partition coefficient (Wildman–Crippen LogP) is 5.58. The van der Waals surface area contributed by atoms with Gasteiger partial charge in [0.2, 0.25) is 0 Å². The Kier molecular flexibility index (Phi) is 5.38. The number of fused-ring (bicyclic) bond motifs is 2. The lowest BCUT2D eigenvalue weighted by Gasteiger charge is -2.06. The fraction of sp³-hybridized carbons (Fsp3) is 0.217. The summed E-state index contributed by atoms with van der Waals surface area (Å²) >= 11 is 3.39. The molecule has 0 bridgehead atoms. The lowest BCUT2D eigenvalue weighted by molar-refractivity contribution is 0.0998. The van der Waals surface area contributed by atoms with Crippen LogP contribution in [0.5, 0.6) is 0 Å². The van der Waals surface area contributed by atoms with Crippen LogP contribution in [-0.4, -0.2) is 22.5 Å². The van der Waals surface area contributed by atoms with Gasteiger partial charge in [-0.2, -0.15) is 16.8 Å². The number of carbonyl (C=O) groups is 1. The maximum atomic E-state index is 12.9. The fourth-order valence-electron chi connectivity index (χ4n) is 3.28. The molecule has 0 radical (unpaired) electrons. The van der Waals surface area contributed by atoms with Crippen LogP contribution in [0.15, 0.2) is 59.6 Å². The van der Waals surface area contributed by atoms with Gasteiger partial charge < -0.3 is 4.57 Å². The number of carbonyl (C=O) groups excluding carboxylic acids is 1. The molecule has 0 spiro atoms. The standard InChI is InChI=1S/C23H22N2OS2/c1-15-12-20-21(13-16(15)2)28-23(25(20)10-11-27-3)24-22(26)19-9-8-17-6-4-5-7-18(17)14-19/h4-9,12-14H,10-11H2,1-3H3. The molecular weight excluding hydrogens is 384 g/mol. The number of thioether (sulfide) groups is 1. The summed E-state index contributed by atoms with van der Waals surface area (Å²) in [5.74, 6) is 0.791. The van der Waals surface area contributed by atoms with E-state index in [0.29, 0.717) is 5.56 Å². The molecule has 0 aliphatic carbocycles. The van der Waals surface area contributed by atoms with Crippen molar-refractivity contribution in [2.75, 3.05) is 12.0 Å². The topological polar surface area (TPSA) is 34.4 Å². The van der Waals surface area contributed by atoms with E-state index in [2.05, 4.69) is 41.8 Å². The Morgan fingerprint density at radius 1 is 1.04 bits per heavy atom. The van der Waals surface area contributed by atoms with Crippen molar-refractivity contribution < 1.29 is 4.79 Å².